The summed E-state index contributed by atoms with van der Waals surface area (Å²) in [6.45, 7) is 2.11. The molecule has 2 heterocycles. The lowest BCUT2D eigenvalue weighted by atomic mass is 10.1. The molecule has 0 N–H and O–H groups in total. The zero-order valence-electron chi connectivity index (χ0n) is 11.7. The number of pyridine rings is 1. The number of rotatable bonds is 2. The van der Waals surface area contributed by atoms with Gasteiger partial charge in [0.05, 0.1) is 11.1 Å². The fourth-order valence-electron chi connectivity index (χ4n) is 2.54. The van der Waals surface area contributed by atoms with Gasteiger partial charge in [-0.2, -0.15) is 0 Å². The molecule has 3 heteroatoms. The summed E-state index contributed by atoms with van der Waals surface area (Å²) in [6, 6.07) is 18.1. The fraction of sp³-hybridized carbons (Fsp3) is 0.111. The van der Waals surface area contributed by atoms with E-state index in [1.165, 1.54) is 0 Å². The van der Waals surface area contributed by atoms with E-state index in [0.717, 1.165) is 39.7 Å². The van der Waals surface area contributed by atoms with Crippen LogP contribution in [0.2, 0.25) is 0 Å². The highest BCUT2D eigenvalue weighted by molar-refractivity contribution is 5.92. The largest absolute Gasteiger partial charge is 0.436 e. The number of para-hydroxylation sites is 3. The summed E-state index contributed by atoms with van der Waals surface area (Å²) in [6.07, 6.45) is 0.915. The van der Waals surface area contributed by atoms with Crippen LogP contribution in [0.5, 0.6) is 0 Å². The molecule has 0 amide bonds. The van der Waals surface area contributed by atoms with Crippen LogP contribution in [0.1, 0.15) is 12.6 Å². The molecule has 0 unspecified atom stereocenters. The number of fused-ring (bicyclic) bond motifs is 2. The number of aromatic nitrogens is 2. The second-order valence-corrected chi connectivity index (χ2v) is 5.02. The Bertz CT molecular complexity index is 907. The average Bonchev–Trinajstić information content (AvgIpc) is 2.97. The van der Waals surface area contributed by atoms with Gasteiger partial charge in [0.1, 0.15) is 5.52 Å². The molecule has 0 radical (unpaired) electrons. The van der Waals surface area contributed by atoms with Gasteiger partial charge in [-0.3, -0.25) is 4.98 Å². The molecule has 0 saturated carbocycles. The van der Waals surface area contributed by atoms with E-state index in [1.54, 1.807) is 0 Å². The highest BCUT2D eigenvalue weighted by Crippen LogP contribution is 2.29. The summed E-state index contributed by atoms with van der Waals surface area (Å²) in [7, 11) is 0. The van der Waals surface area contributed by atoms with Crippen molar-refractivity contribution in [2.75, 3.05) is 0 Å². The highest BCUT2D eigenvalue weighted by atomic mass is 16.3. The molecule has 0 saturated heterocycles. The molecule has 3 nitrogen and oxygen atoms in total. The van der Waals surface area contributed by atoms with E-state index >= 15 is 0 Å². The summed E-state index contributed by atoms with van der Waals surface area (Å²) in [4.78, 5) is 9.32. The topological polar surface area (TPSA) is 38.9 Å². The Morgan fingerprint density at radius 1 is 0.905 bits per heavy atom. The Morgan fingerprint density at radius 2 is 1.81 bits per heavy atom. The van der Waals surface area contributed by atoms with Crippen LogP contribution in [-0.2, 0) is 6.42 Å². The van der Waals surface area contributed by atoms with E-state index in [4.69, 9.17) is 9.40 Å². The first-order valence-electron chi connectivity index (χ1n) is 7.10. The van der Waals surface area contributed by atoms with E-state index in [0.29, 0.717) is 5.89 Å². The molecule has 0 aliphatic heterocycles. The maximum Gasteiger partial charge on any atom is 0.229 e. The predicted octanol–water partition coefficient (Wildman–Crippen LogP) is 4.61. The second-order valence-electron chi connectivity index (χ2n) is 5.02. The van der Waals surface area contributed by atoms with Crippen molar-refractivity contribution in [2.45, 2.75) is 13.3 Å². The van der Waals surface area contributed by atoms with Crippen LogP contribution in [0.3, 0.4) is 0 Å². The van der Waals surface area contributed by atoms with Gasteiger partial charge in [0.15, 0.2) is 5.58 Å². The van der Waals surface area contributed by atoms with Gasteiger partial charge in [0.25, 0.3) is 0 Å². The lowest BCUT2D eigenvalue weighted by Gasteiger charge is -2.04. The van der Waals surface area contributed by atoms with Gasteiger partial charge in [0, 0.05) is 11.1 Å². The third kappa shape index (κ3) is 1.98. The maximum absolute atomic E-state index is 5.88. The molecule has 0 atom stereocenters. The van der Waals surface area contributed by atoms with Gasteiger partial charge in [-0.1, -0.05) is 37.3 Å². The van der Waals surface area contributed by atoms with Gasteiger partial charge >= 0.3 is 0 Å². The van der Waals surface area contributed by atoms with E-state index in [9.17, 15) is 0 Å². The molecule has 0 fully saturated rings. The van der Waals surface area contributed by atoms with Crippen molar-refractivity contribution in [1.29, 1.82) is 0 Å². The predicted molar refractivity (Wildman–Crippen MR) is 84.1 cm³/mol. The molecule has 2 aromatic carbocycles. The van der Waals surface area contributed by atoms with Crippen molar-refractivity contribution in [3.8, 4) is 11.5 Å². The Morgan fingerprint density at radius 3 is 2.67 bits per heavy atom. The molecule has 21 heavy (non-hydrogen) atoms. The molecule has 2 aromatic heterocycles. The normalized spacial score (nSPS) is 11.3. The summed E-state index contributed by atoms with van der Waals surface area (Å²) < 4.78 is 5.88. The van der Waals surface area contributed by atoms with Gasteiger partial charge in [0.2, 0.25) is 5.89 Å². The van der Waals surface area contributed by atoms with Crippen LogP contribution in [-0.4, -0.2) is 9.97 Å². The molecular weight excluding hydrogens is 260 g/mol. The van der Waals surface area contributed by atoms with Crippen molar-refractivity contribution in [2.24, 2.45) is 0 Å². The number of hydrogen-bond acceptors (Lipinski definition) is 3. The summed E-state index contributed by atoms with van der Waals surface area (Å²) in [5.74, 6) is 0.627. The van der Waals surface area contributed by atoms with E-state index in [-0.39, 0.29) is 0 Å². The van der Waals surface area contributed by atoms with E-state index < -0.39 is 0 Å². The van der Waals surface area contributed by atoms with Crippen molar-refractivity contribution >= 4 is 22.0 Å². The fourth-order valence-corrected chi connectivity index (χ4v) is 2.54. The number of aryl methyl sites for hydroxylation is 1. The summed E-state index contributed by atoms with van der Waals surface area (Å²) in [5, 5.41) is 1.10. The monoisotopic (exact) mass is 274 g/mol. The number of oxazole rings is 1. The molecule has 4 rings (SSSR count). The van der Waals surface area contributed by atoms with Crippen molar-refractivity contribution in [1.82, 2.24) is 9.97 Å². The van der Waals surface area contributed by atoms with Crippen LogP contribution in [0.15, 0.2) is 59.0 Å². The third-order valence-electron chi connectivity index (χ3n) is 3.66. The highest BCUT2D eigenvalue weighted by Gasteiger charge is 2.12. The van der Waals surface area contributed by atoms with Gasteiger partial charge in [-0.15, -0.1) is 0 Å². The zero-order chi connectivity index (χ0) is 14.2. The first kappa shape index (κ1) is 12.1. The second kappa shape index (κ2) is 4.70. The van der Waals surface area contributed by atoms with Crippen molar-refractivity contribution < 1.29 is 4.42 Å². The first-order chi connectivity index (χ1) is 10.3. The molecule has 4 aromatic rings. The lowest BCUT2D eigenvalue weighted by molar-refractivity contribution is 0.620. The van der Waals surface area contributed by atoms with Gasteiger partial charge in [-0.05, 0) is 30.7 Å². The van der Waals surface area contributed by atoms with Crippen LogP contribution in [0.4, 0.5) is 0 Å². The maximum atomic E-state index is 5.88. The number of hydrogen-bond donors (Lipinski definition) is 0. The minimum Gasteiger partial charge on any atom is -0.436 e. The molecular formula is C18H14N2O. The molecule has 0 aliphatic rings. The van der Waals surface area contributed by atoms with Crippen molar-refractivity contribution in [3.63, 3.8) is 0 Å². The zero-order valence-corrected chi connectivity index (χ0v) is 11.7. The van der Waals surface area contributed by atoms with Crippen LogP contribution >= 0.6 is 0 Å². The van der Waals surface area contributed by atoms with E-state index in [2.05, 4.69) is 30.1 Å². The Kier molecular flexibility index (Phi) is 2.71. The van der Waals surface area contributed by atoms with Crippen LogP contribution < -0.4 is 0 Å². The average molecular weight is 274 g/mol. The minimum absolute atomic E-state index is 0.627. The Labute approximate surface area is 122 Å². The van der Waals surface area contributed by atoms with Crippen LogP contribution in [0, 0.1) is 0 Å². The quantitative estimate of drug-likeness (QED) is 0.536. The molecule has 0 spiro atoms. The lowest BCUT2D eigenvalue weighted by Crippen LogP contribution is -1.90. The number of nitrogens with zero attached hydrogens (tertiary/aromatic N) is 2. The van der Waals surface area contributed by atoms with Gasteiger partial charge < -0.3 is 4.42 Å². The first-order valence-corrected chi connectivity index (χ1v) is 7.10. The minimum atomic E-state index is 0.627. The molecule has 0 aliphatic carbocycles. The number of benzene rings is 2. The smallest absolute Gasteiger partial charge is 0.229 e. The third-order valence-corrected chi connectivity index (χ3v) is 3.66. The standard InChI is InChI=1S/C18H14N2O/c1-2-13-11-10-12-6-5-7-14(17(12)19-13)18-20-15-8-3-4-9-16(15)21-18/h3-11H,2H2,1H3. The van der Waals surface area contributed by atoms with Crippen LogP contribution in [0.25, 0.3) is 33.5 Å². The van der Waals surface area contributed by atoms with Crippen molar-refractivity contribution in [3.05, 3.63) is 60.3 Å². The van der Waals surface area contributed by atoms with E-state index in [1.807, 2.05) is 36.4 Å². The molecule has 0 bridgehead atoms. The summed E-state index contributed by atoms with van der Waals surface area (Å²) in [5.41, 5.74) is 4.64. The SMILES string of the molecule is CCc1ccc2cccc(-c3nc4ccccc4o3)c2n1. The van der Waals surface area contributed by atoms with Gasteiger partial charge in [-0.25, -0.2) is 4.98 Å². The Hall–Kier alpha value is -2.68. The Balaban J connectivity index is 2.00. The molecule has 102 valence electrons. The summed E-state index contributed by atoms with van der Waals surface area (Å²) >= 11 is 0.